The summed E-state index contributed by atoms with van der Waals surface area (Å²) in [6.45, 7) is 1.78. The van der Waals surface area contributed by atoms with Gasteiger partial charge in [0.1, 0.15) is 11.6 Å². The third kappa shape index (κ3) is 2.68. The first-order valence-corrected chi connectivity index (χ1v) is 7.05. The van der Waals surface area contributed by atoms with Crippen LogP contribution in [0.15, 0.2) is 42.2 Å². The molecule has 0 spiro atoms. The van der Waals surface area contributed by atoms with E-state index < -0.39 is 0 Å². The average Bonchev–Trinajstić information content (AvgIpc) is 3.09. The van der Waals surface area contributed by atoms with E-state index in [4.69, 9.17) is 5.73 Å². The Hall–Kier alpha value is -2.08. The van der Waals surface area contributed by atoms with Crippen molar-refractivity contribution in [2.24, 2.45) is 0 Å². The van der Waals surface area contributed by atoms with Crippen molar-refractivity contribution in [3.8, 4) is 10.7 Å². The van der Waals surface area contributed by atoms with Crippen molar-refractivity contribution in [2.75, 3.05) is 5.73 Å². The van der Waals surface area contributed by atoms with Gasteiger partial charge in [-0.3, -0.25) is 4.68 Å². The van der Waals surface area contributed by atoms with Gasteiger partial charge in [-0.05, 0) is 23.9 Å². The van der Waals surface area contributed by atoms with E-state index in [0.717, 1.165) is 25.3 Å². The number of nitrogens with two attached hydrogens (primary N) is 1. The van der Waals surface area contributed by atoms with Crippen molar-refractivity contribution in [3.63, 3.8) is 0 Å². The second-order valence-corrected chi connectivity index (χ2v) is 5.23. The number of aryl methyl sites for hydroxylation is 2. The maximum atomic E-state index is 5.59. The Bertz CT molecular complexity index is 638. The van der Waals surface area contributed by atoms with Crippen molar-refractivity contribution < 1.29 is 0 Å². The third-order valence-corrected chi connectivity index (χ3v) is 3.77. The fourth-order valence-corrected chi connectivity index (χ4v) is 2.76. The Labute approximate surface area is 115 Å². The predicted octanol–water partition coefficient (Wildman–Crippen LogP) is 2.48. The topological polar surface area (TPSA) is 61.7 Å². The molecule has 19 heavy (non-hydrogen) atoms. The van der Waals surface area contributed by atoms with Crippen LogP contribution >= 0.6 is 11.3 Å². The number of rotatable bonds is 5. The monoisotopic (exact) mass is 273 g/mol. The Morgan fingerprint density at radius 2 is 2.16 bits per heavy atom. The molecule has 3 aromatic rings. The van der Waals surface area contributed by atoms with Crippen LogP contribution in [0, 0.1) is 0 Å². The number of nitrogens with zero attached hydrogens (tertiary/aromatic N) is 4. The highest BCUT2D eigenvalue weighted by Gasteiger charge is 2.06. The number of imidazole rings is 1. The molecule has 98 valence electrons. The molecule has 0 radical (unpaired) electrons. The first-order valence-electron chi connectivity index (χ1n) is 6.17. The summed E-state index contributed by atoms with van der Waals surface area (Å²) in [7, 11) is 0. The molecule has 0 amide bonds. The summed E-state index contributed by atoms with van der Waals surface area (Å²) in [5.41, 5.74) is 5.59. The highest BCUT2D eigenvalue weighted by atomic mass is 32.1. The fraction of sp³-hybridized carbons (Fsp3) is 0.231. The molecule has 6 heteroatoms. The zero-order valence-corrected chi connectivity index (χ0v) is 11.3. The van der Waals surface area contributed by atoms with E-state index in [9.17, 15) is 0 Å². The van der Waals surface area contributed by atoms with Crippen LogP contribution in [0.25, 0.3) is 10.7 Å². The fourth-order valence-electron chi connectivity index (χ4n) is 2.03. The van der Waals surface area contributed by atoms with Gasteiger partial charge in [0.2, 0.25) is 0 Å². The van der Waals surface area contributed by atoms with Crippen molar-refractivity contribution in [1.82, 2.24) is 19.3 Å². The van der Waals surface area contributed by atoms with Gasteiger partial charge in [-0.2, -0.15) is 5.10 Å². The molecule has 0 saturated heterocycles. The molecule has 0 aromatic carbocycles. The quantitative estimate of drug-likeness (QED) is 0.777. The molecular weight excluding hydrogens is 258 g/mol. The minimum atomic E-state index is 0.571. The molecule has 0 aliphatic carbocycles. The van der Waals surface area contributed by atoms with Crippen LogP contribution in [0.1, 0.15) is 6.42 Å². The van der Waals surface area contributed by atoms with Crippen LogP contribution in [-0.4, -0.2) is 19.3 Å². The maximum absolute atomic E-state index is 5.59. The maximum Gasteiger partial charge on any atom is 0.149 e. The second kappa shape index (κ2) is 5.27. The summed E-state index contributed by atoms with van der Waals surface area (Å²) in [6.07, 6.45) is 6.77. The van der Waals surface area contributed by atoms with Gasteiger partial charge in [0.15, 0.2) is 0 Å². The molecule has 3 rings (SSSR count). The highest BCUT2D eigenvalue weighted by molar-refractivity contribution is 7.13. The standard InChI is InChI=1S/C13H15N5S/c14-12-4-8-18(16-12)7-2-6-17-9-5-15-13(17)11-3-1-10-19-11/h1,3-5,8-10H,2,6-7H2,(H2,14,16). The summed E-state index contributed by atoms with van der Waals surface area (Å²) >= 11 is 1.71. The molecular formula is C13H15N5S. The van der Waals surface area contributed by atoms with Gasteiger partial charge in [-0.1, -0.05) is 6.07 Å². The lowest BCUT2D eigenvalue weighted by atomic mass is 10.4. The number of thiophene rings is 1. The zero-order chi connectivity index (χ0) is 13.1. The molecule has 0 unspecified atom stereocenters. The van der Waals surface area contributed by atoms with E-state index in [-0.39, 0.29) is 0 Å². The number of hydrogen-bond acceptors (Lipinski definition) is 4. The highest BCUT2D eigenvalue weighted by Crippen LogP contribution is 2.22. The van der Waals surface area contributed by atoms with Gasteiger partial charge in [0, 0.05) is 31.7 Å². The van der Waals surface area contributed by atoms with E-state index in [1.165, 1.54) is 4.88 Å². The lowest BCUT2D eigenvalue weighted by Gasteiger charge is -2.06. The number of anilines is 1. The lowest BCUT2D eigenvalue weighted by Crippen LogP contribution is -2.05. The second-order valence-electron chi connectivity index (χ2n) is 4.28. The Morgan fingerprint density at radius 3 is 2.89 bits per heavy atom. The predicted molar refractivity (Wildman–Crippen MR) is 76.8 cm³/mol. The van der Waals surface area contributed by atoms with Crippen LogP contribution < -0.4 is 5.73 Å². The van der Waals surface area contributed by atoms with Crippen LogP contribution in [0.5, 0.6) is 0 Å². The summed E-state index contributed by atoms with van der Waals surface area (Å²) in [4.78, 5) is 5.62. The first-order chi connectivity index (χ1) is 9.33. The molecule has 3 heterocycles. The number of aromatic nitrogens is 4. The Morgan fingerprint density at radius 1 is 1.21 bits per heavy atom. The SMILES string of the molecule is Nc1ccn(CCCn2ccnc2-c2cccs2)n1. The molecule has 5 nitrogen and oxygen atoms in total. The summed E-state index contributed by atoms with van der Waals surface area (Å²) in [5.74, 6) is 1.61. The van der Waals surface area contributed by atoms with Crippen molar-refractivity contribution in [3.05, 3.63) is 42.2 Å². The van der Waals surface area contributed by atoms with Gasteiger partial charge in [0.25, 0.3) is 0 Å². The minimum absolute atomic E-state index is 0.571. The van der Waals surface area contributed by atoms with Gasteiger partial charge in [-0.25, -0.2) is 4.98 Å². The normalized spacial score (nSPS) is 10.9. The van der Waals surface area contributed by atoms with E-state index in [0.29, 0.717) is 5.82 Å². The van der Waals surface area contributed by atoms with Crippen molar-refractivity contribution in [2.45, 2.75) is 19.5 Å². The van der Waals surface area contributed by atoms with E-state index in [1.54, 1.807) is 11.3 Å². The van der Waals surface area contributed by atoms with Gasteiger partial charge < -0.3 is 10.3 Å². The molecule has 0 aliphatic heterocycles. The van der Waals surface area contributed by atoms with Crippen LogP contribution in [0.2, 0.25) is 0 Å². The largest absolute Gasteiger partial charge is 0.382 e. The van der Waals surface area contributed by atoms with E-state index in [2.05, 4.69) is 26.1 Å². The Kier molecular flexibility index (Phi) is 3.33. The molecule has 0 fully saturated rings. The molecule has 0 saturated carbocycles. The van der Waals surface area contributed by atoms with E-state index in [1.807, 2.05) is 35.4 Å². The van der Waals surface area contributed by atoms with Crippen LogP contribution in [0.4, 0.5) is 5.82 Å². The molecule has 0 aliphatic rings. The molecule has 0 atom stereocenters. The van der Waals surface area contributed by atoms with Crippen LogP contribution in [0.3, 0.4) is 0 Å². The number of hydrogen-bond donors (Lipinski definition) is 1. The zero-order valence-electron chi connectivity index (χ0n) is 10.4. The molecule has 0 bridgehead atoms. The first kappa shape index (κ1) is 12.0. The van der Waals surface area contributed by atoms with Gasteiger partial charge >= 0.3 is 0 Å². The van der Waals surface area contributed by atoms with Crippen molar-refractivity contribution in [1.29, 1.82) is 0 Å². The van der Waals surface area contributed by atoms with Gasteiger partial charge in [-0.15, -0.1) is 11.3 Å². The van der Waals surface area contributed by atoms with Gasteiger partial charge in [0.05, 0.1) is 4.88 Å². The number of nitrogen functional groups attached to an aromatic ring is 1. The van der Waals surface area contributed by atoms with Crippen molar-refractivity contribution >= 4 is 17.2 Å². The van der Waals surface area contributed by atoms with Crippen LogP contribution in [-0.2, 0) is 13.1 Å². The minimum Gasteiger partial charge on any atom is -0.382 e. The average molecular weight is 273 g/mol. The molecule has 3 aromatic heterocycles. The lowest BCUT2D eigenvalue weighted by molar-refractivity contribution is 0.530. The molecule has 2 N–H and O–H groups in total. The smallest absolute Gasteiger partial charge is 0.149 e. The Balaban J connectivity index is 1.63. The summed E-state index contributed by atoms with van der Waals surface area (Å²) in [5, 5.41) is 6.24. The summed E-state index contributed by atoms with van der Waals surface area (Å²) < 4.78 is 4.05. The van der Waals surface area contributed by atoms with E-state index >= 15 is 0 Å². The summed E-state index contributed by atoms with van der Waals surface area (Å²) in [6, 6.07) is 5.96. The third-order valence-electron chi connectivity index (χ3n) is 2.90.